The van der Waals surface area contributed by atoms with Gasteiger partial charge in [-0.1, -0.05) is 39.3 Å². The van der Waals surface area contributed by atoms with Crippen LogP contribution in [0.2, 0.25) is 0 Å². The fourth-order valence-corrected chi connectivity index (χ4v) is 4.57. The molecule has 0 radical (unpaired) electrons. The van der Waals surface area contributed by atoms with Gasteiger partial charge in [0.05, 0.1) is 12.7 Å². The van der Waals surface area contributed by atoms with Crippen LogP contribution in [0.1, 0.15) is 78.7 Å². The van der Waals surface area contributed by atoms with Crippen LogP contribution in [-0.2, 0) is 16.1 Å². The maximum Gasteiger partial charge on any atom is 0.222 e. The second-order valence-corrected chi connectivity index (χ2v) is 9.73. The van der Waals surface area contributed by atoms with E-state index in [-0.39, 0.29) is 16.9 Å². The highest BCUT2D eigenvalue weighted by Gasteiger charge is 2.40. The number of hydrogen-bond donors (Lipinski definition) is 0. The first-order chi connectivity index (χ1) is 13.7. The highest BCUT2D eigenvalue weighted by Crippen LogP contribution is 2.45. The molecule has 1 atom stereocenters. The largest absolute Gasteiger partial charge is 0.497 e. The van der Waals surface area contributed by atoms with Gasteiger partial charge in [-0.05, 0) is 68.6 Å². The summed E-state index contributed by atoms with van der Waals surface area (Å²) in [6.07, 6.45) is 6.21. The highest BCUT2D eigenvalue weighted by molar-refractivity contribution is 5.75. The lowest BCUT2D eigenvalue weighted by molar-refractivity contribution is -0.133. The molecule has 0 aromatic heterocycles. The van der Waals surface area contributed by atoms with Crippen molar-refractivity contribution < 1.29 is 14.3 Å². The van der Waals surface area contributed by atoms with Crippen LogP contribution in [0.4, 0.5) is 0 Å². The summed E-state index contributed by atoms with van der Waals surface area (Å²) in [5.41, 5.74) is 1.33. The van der Waals surface area contributed by atoms with Crippen LogP contribution in [0.25, 0.3) is 0 Å². The monoisotopic (exact) mass is 403 g/mol. The van der Waals surface area contributed by atoms with Gasteiger partial charge in [0.1, 0.15) is 5.75 Å². The average Bonchev–Trinajstić information content (AvgIpc) is 2.69. The molecule has 0 bridgehead atoms. The number of amides is 1. The molecule has 29 heavy (non-hydrogen) atoms. The number of hydrogen-bond acceptors (Lipinski definition) is 3. The van der Waals surface area contributed by atoms with Crippen molar-refractivity contribution in [2.24, 2.45) is 11.3 Å². The van der Waals surface area contributed by atoms with Gasteiger partial charge in [-0.15, -0.1) is 0 Å². The molecule has 0 N–H and O–H groups in total. The summed E-state index contributed by atoms with van der Waals surface area (Å²) < 4.78 is 11.3. The van der Waals surface area contributed by atoms with Gasteiger partial charge in [-0.2, -0.15) is 0 Å². The Morgan fingerprint density at radius 1 is 1.21 bits per heavy atom. The van der Waals surface area contributed by atoms with E-state index in [0.717, 1.165) is 43.7 Å². The maximum atomic E-state index is 12.7. The fourth-order valence-electron chi connectivity index (χ4n) is 4.57. The van der Waals surface area contributed by atoms with Gasteiger partial charge in [0.2, 0.25) is 5.91 Å². The molecule has 1 aromatic rings. The van der Waals surface area contributed by atoms with E-state index in [4.69, 9.17) is 9.47 Å². The lowest BCUT2D eigenvalue weighted by atomic mass is 9.68. The van der Waals surface area contributed by atoms with Crippen molar-refractivity contribution in [2.75, 3.05) is 20.3 Å². The third-order valence-electron chi connectivity index (χ3n) is 6.28. The number of carbonyl (C=O) groups excluding carboxylic acids is 1. The van der Waals surface area contributed by atoms with Crippen molar-refractivity contribution in [3.8, 4) is 5.75 Å². The SMILES string of the molecule is CCC(=O)N(CC[C@]1(CCC(C)C)CCOC(C)(C)C1)Cc1ccc(OC)cc1. The van der Waals surface area contributed by atoms with Crippen LogP contribution in [0.5, 0.6) is 5.75 Å². The van der Waals surface area contributed by atoms with E-state index in [1.165, 1.54) is 12.8 Å². The molecule has 0 unspecified atom stereocenters. The highest BCUT2D eigenvalue weighted by atomic mass is 16.5. The summed E-state index contributed by atoms with van der Waals surface area (Å²) in [7, 11) is 1.67. The summed E-state index contributed by atoms with van der Waals surface area (Å²) in [6.45, 7) is 13.3. The van der Waals surface area contributed by atoms with Crippen LogP contribution < -0.4 is 4.74 Å². The van der Waals surface area contributed by atoms with Gasteiger partial charge in [0, 0.05) is 26.1 Å². The molecular weight excluding hydrogens is 362 g/mol. The normalized spacial score (nSPS) is 21.2. The number of nitrogens with zero attached hydrogens (tertiary/aromatic N) is 1. The van der Waals surface area contributed by atoms with Crippen LogP contribution in [0, 0.1) is 11.3 Å². The van der Waals surface area contributed by atoms with E-state index in [0.29, 0.717) is 18.9 Å². The molecule has 1 aromatic carbocycles. The molecule has 0 spiro atoms. The van der Waals surface area contributed by atoms with E-state index in [9.17, 15) is 4.79 Å². The minimum atomic E-state index is -0.0786. The van der Waals surface area contributed by atoms with Crippen molar-refractivity contribution in [3.05, 3.63) is 29.8 Å². The zero-order valence-electron chi connectivity index (χ0n) is 19.4. The van der Waals surface area contributed by atoms with E-state index >= 15 is 0 Å². The molecule has 1 amide bonds. The molecular formula is C25H41NO3. The number of benzene rings is 1. The number of methoxy groups -OCH3 is 1. The van der Waals surface area contributed by atoms with E-state index < -0.39 is 0 Å². The minimum absolute atomic E-state index is 0.0786. The lowest BCUT2D eigenvalue weighted by Crippen LogP contribution is -2.43. The first-order valence-corrected chi connectivity index (χ1v) is 11.2. The Labute approximate surface area is 178 Å². The molecule has 1 saturated heterocycles. The second kappa shape index (κ2) is 10.5. The first kappa shape index (κ1) is 23.7. The van der Waals surface area contributed by atoms with Crippen molar-refractivity contribution in [3.63, 3.8) is 0 Å². The Hall–Kier alpha value is -1.55. The summed E-state index contributed by atoms with van der Waals surface area (Å²) in [4.78, 5) is 14.7. The predicted octanol–water partition coefficient (Wildman–Crippen LogP) is 5.84. The Balaban J connectivity index is 2.11. The molecule has 2 rings (SSSR count). The van der Waals surface area contributed by atoms with Crippen LogP contribution in [-0.4, -0.2) is 36.7 Å². The summed E-state index contributed by atoms with van der Waals surface area (Å²) in [5.74, 6) is 1.77. The van der Waals surface area contributed by atoms with Gasteiger partial charge < -0.3 is 14.4 Å². The molecule has 0 saturated carbocycles. The maximum absolute atomic E-state index is 12.7. The van der Waals surface area contributed by atoms with Crippen molar-refractivity contribution in [1.29, 1.82) is 0 Å². The van der Waals surface area contributed by atoms with Crippen molar-refractivity contribution >= 4 is 5.91 Å². The van der Waals surface area contributed by atoms with Crippen molar-refractivity contribution in [2.45, 2.75) is 85.3 Å². The molecule has 1 aliphatic rings. The van der Waals surface area contributed by atoms with Crippen LogP contribution in [0.15, 0.2) is 24.3 Å². The van der Waals surface area contributed by atoms with Gasteiger partial charge in [-0.3, -0.25) is 4.79 Å². The first-order valence-electron chi connectivity index (χ1n) is 11.2. The van der Waals surface area contributed by atoms with E-state index in [2.05, 4.69) is 39.8 Å². The molecule has 4 nitrogen and oxygen atoms in total. The molecule has 1 aliphatic heterocycles. The standard InChI is InChI=1S/C25H41NO3/c1-7-23(27)26(18-21-8-10-22(28-6)11-9-21)16-14-25(13-12-20(2)3)15-17-29-24(4,5)19-25/h8-11,20H,7,12-19H2,1-6H3/t25-/m1/s1. The zero-order valence-corrected chi connectivity index (χ0v) is 19.4. The molecule has 4 heteroatoms. The number of rotatable bonds is 10. The van der Waals surface area contributed by atoms with Crippen LogP contribution >= 0.6 is 0 Å². The number of carbonyl (C=O) groups is 1. The van der Waals surface area contributed by atoms with E-state index in [1.54, 1.807) is 7.11 Å². The lowest BCUT2D eigenvalue weighted by Gasteiger charge is -2.46. The minimum Gasteiger partial charge on any atom is -0.497 e. The van der Waals surface area contributed by atoms with Gasteiger partial charge in [0.15, 0.2) is 0 Å². The predicted molar refractivity (Wildman–Crippen MR) is 119 cm³/mol. The Morgan fingerprint density at radius 2 is 1.90 bits per heavy atom. The van der Waals surface area contributed by atoms with Gasteiger partial charge in [-0.25, -0.2) is 0 Å². The molecule has 164 valence electrons. The fraction of sp³-hybridized carbons (Fsp3) is 0.720. The molecule has 1 fully saturated rings. The Morgan fingerprint density at radius 3 is 2.45 bits per heavy atom. The Kier molecular flexibility index (Phi) is 8.57. The smallest absolute Gasteiger partial charge is 0.222 e. The van der Waals surface area contributed by atoms with Crippen LogP contribution in [0.3, 0.4) is 0 Å². The second-order valence-electron chi connectivity index (χ2n) is 9.73. The Bertz CT molecular complexity index is 638. The number of ether oxygens (including phenoxy) is 2. The molecule has 1 heterocycles. The van der Waals surface area contributed by atoms with Gasteiger partial charge >= 0.3 is 0 Å². The third kappa shape index (κ3) is 7.33. The average molecular weight is 404 g/mol. The summed E-state index contributed by atoms with van der Waals surface area (Å²) >= 11 is 0. The quantitative estimate of drug-likeness (QED) is 0.493. The van der Waals surface area contributed by atoms with E-state index in [1.807, 2.05) is 24.0 Å². The third-order valence-corrected chi connectivity index (χ3v) is 6.28. The zero-order chi connectivity index (χ0) is 21.5. The molecule has 0 aliphatic carbocycles. The topological polar surface area (TPSA) is 38.8 Å². The van der Waals surface area contributed by atoms with Gasteiger partial charge in [0.25, 0.3) is 0 Å². The summed E-state index contributed by atoms with van der Waals surface area (Å²) in [6, 6.07) is 8.05. The van der Waals surface area contributed by atoms with Crippen molar-refractivity contribution in [1.82, 2.24) is 4.90 Å². The summed E-state index contributed by atoms with van der Waals surface area (Å²) in [5, 5.41) is 0.